The summed E-state index contributed by atoms with van der Waals surface area (Å²) in [5.41, 5.74) is 1.65. The molecule has 1 aliphatic heterocycles. The molecule has 1 fully saturated rings. The SMILES string of the molecule is Cc1ccc(Cl)c2sc(N(Cc3ccco3)C(=O)C3CCN(S(=O)(=O)c4ccc(F)c(F)c4)CC3)nc12. The van der Waals surface area contributed by atoms with Gasteiger partial charge < -0.3 is 4.42 Å². The van der Waals surface area contributed by atoms with Crippen LogP contribution in [0.5, 0.6) is 0 Å². The van der Waals surface area contributed by atoms with Gasteiger partial charge in [-0.3, -0.25) is 9.69 Å². The number of carbonyl (C=O) groups excluding carboxylic acids is 1. The average Bonchev–Trinajstić information content (AvgIpc) is 3.57. The number of hydrogen-bond donors (Lipinski definition) is 0. The Morgan fingerprint density at radius 1 is 1.19 bits per heavy atom. The Labute approximate surface area is 221 Å². The molecule has 0 spiro atoms. The van der Waals surface area contributed by atoms with Crippen LogP contribution in [0.2, 0.25) is 5.02 Å². The molecule has 0 bridgehead atoms. The molecule has 0 saturated carbocycles. The van der Waals surface area contributed by atoms with Crippen molar-refractivity contribution < 1.29 is 26.4 Å². The van der Waals surface area contributed by atoms with Crippen LogP contribution in [-0.4, -0.2) is 36.7 Å². The third kappa shape index (κ3) is 5.00. The first-order valence-corrected chi connectivity index (χ1v) is 14.1. The van der Waals surface area contributed by atoms with Crippen molar-refractivity contribution in [3.63, 3.8) is 0 Å². The van der Waals surface area contributed by atoms with Gasteiger partial charge in [-0.1, -0.05) is 29.0 Å². The van der Waals surface area contributed by atoms with Crippen LogP contribution in [0.4, 0.5) is 13.9 Å². The van der Waals surface area contributed by atoms with Crippen LogP contribution in [-0.2, 0) is 21.4 Å². The molecular weight excluding hydrogens is 544 g/mol. The number of fused-ring (bicyclic) bond motifs is 1. The second-order valence-electron chi connectivity index (χ2n) is 8.80. The van der Waals surface area contributed by atoms with Crippen molar-refractivity contribution in [3.05, 3.63) is 76.7 Å². The number of aromatic nitrogens is 1. The van der Waals surface area contributed by atoms with Crippen molar-refractivity contribution in [3.8, 4) is 0 Å². The highest BCUT2D eigenvalue weighted by Crippen LogP contribution is 2.37. The zero-order valence-electron chi connectivity index (χ0n) is 19.7. The van der Waals surface area contributed by atoms with E-state index in [9.17, 15) is 22.0 Å². The molecule has 37 heavy (non-hydrogen) atoms. The molecule has 0 unspecified atom stereocenters. The molecule has 1 saturated heterocycles. The van der Waals surface area contributed by atoms with E-state index in [-0.39, 0.29) is 43.3 Å². The molecule has 0 aliphatic carbocycles. The number of hydrogen-bond acceptors (Lipinski definition) is 6. The molecule has 1 aliphatic rings. The van der Waals surface area contributed by atoms with E-state index in [0.717, 1.165) is 27.9 Å². The average molecular weight is 566 g/mol. The topological polar surface area (TPSA) is 83.7 Å². The fraction of sp³-hybridized carbons (Fsp3) is 0.280. The minimum Gasteiger partial charge on any atom is -0.467 e. The van der Waals surface area contributed by atoms with Crippen LogP contribution >= 0.6 is 22.9 Å². The molecule has 4 aromatic rings. The highest BCUT2D eigenvalue weighted by atomic mass is 35.5. The Morgan fingerprint density at radius 3 is 2.59 bits per heavy atom. The number of amides is 1. The van der Waals surface area contributed by atoms with E-state index in [4.69, 9.17) is 21.0 Å². The van der Waals surface area contributed by atoms with Crippen molar-refractivity contribution in [2.75, 3.05) is 18.0 Å². The van der Waals surface area contributed by atoms with Crippen LogP contribution in [0.1, 0.15) is 24.2 Å². The van der Waals surface area contributed by atoms with Crippen LogP contribution in [0, 0.1) is 24.5 Å². The first kappa shape index (κ1) is 25.8. The predicted molar refractivity (Wildman–Crippen MR) is 137 cm³/mol. The molecule has 3 heterocycles. The smallest absolute Gasteiger partial charge is 0.243 e. The molecule has 2 aromatic carbocycles. The van der Waals surface area contributed by atoms with Crippen molar-refractivity contribution in [1.82, 2.24) is 9.29 Å². The Hall–Kier alpha value is -2.86. The summed E-state index contributed by atoms with van der Waals surface area (Å²) in [4.78, 5) is 19.7. The van der Waals surface area contributed by atoms with Gasteiger partial charge in [-0.2, -0.15) is 4.31 Å². The lowest BCUT2D eigenvalue weighted by molar-refractivity contribution is -0.123. The Balaban J connectivity index is 1.38. The van der Waals surface area contributed by atoms with Crippen LogP contribution < -0.4 is 4.90 Å². The Bertz CT molecular complexity index is 1530. The summed E-state index contributed by atoms with van der Waals surface area (Å²) in [6, 6.07) is 9.67. The molecule has 0 N–H and O–H groups in total. The Kier molecular flexibility index (Phi) is 7.06. The van der Waals surface area contributed by atoms with E-state index in [0.29, 0.717) is 22.0 Å². The summed E-state index contributed by atoms with van der Waals surface area (Å²) in [6.07, 6.45) is 2.06. The molecule has 0 radical (unpaired) electrons. The molecule has 2 aromatic heterocycles. The standard InChI is InChI=1S/C25H22ClF2N3O4S2/c1-15-4-6-19(26)23-22(15)29-25(36-23)31(14-17-3-2-12-35-17)24(32)16-8-10-30(11-9-16)37(33,34)18-5-7-20(27)21(28)13-18/h2-7,12-13,16H,8-11,14H2,1H3. The maximum Gasteiger partial charge on any atom is 0.243 e. The zero-order valence-corrected chi connectivity index (χ0v) is 22.0. The van der Waals surface area contributed by atoms with Crippen molar-refractivity contribution in [1.29, 1.82) is 0 Å². The van der Waals surface area contributed by atoms with Gasteiger partial charge in [0.15, 0.2) is 16.8 Å². The summed E-state index contributed by atoms with van der Waals surface area (Å²) in [6.45, 7) is 2.22. The summed E-state index contributed by atoms with van der Waals surface area (Å²) < 4.78 is 60.3. The van der Waals surface area contributed by atoms with Gasteiger partial charge in [0.1, 0.15) is 5.76 Å². The van der Waals surface area contributed by atoms with Crippen molar-refractivity contribution in [2.45, 2.75) is 31.2 Å². The highest BCUT2D eigenvalue weighted by Gasteiger charge is 2.35. The second kappa shape index (κ2) is 10.1. The van der Waals surface area contributed by atoms with Gasteiger partial charge in [-0.05, 0) is 61.7 Å². The summed E-state index contributed by atoms with van der Waals surface area (Å²) in [5, 5.41) is 1.02. The largest absolute Gasteiger partial charge is 0.467 e. The number of benzene rings is 2. The van der Waals surface area contributed by atoms with Crippen LogP contribution in [0.25, 0.3) is 10.2 Å². The lowest BCUT2D eigenvalue weighted by atomic mass is 9.96. The number of piperidine rings is 1. The summed E-state index contributed by atoms with van der Waals surface area (Å²) >= 11 is 7.70. The van der Waals surface area contributed by atoms with Gasteiger partial charge in [0.25, 0.3) is 0 Å². The van der Waals surface area contributed by atoms with E-state index in [1.165, 1.54) is 21.9 Å². The predicted octanol–water partition coefficient (Wildman–Crippen LogP) is 5.76. The number of nitrogens with zero attached hydrogens (tertiary/aromatic N) is 3. The fourth-order valence-electron chi connectivity index (χ4n) is 4.35. The monoisotopic (exact) mass is 565 g/mol. The molecule has 7 nitrogen and oxygen atoms in total. The van der Waals surface area contributed by atoms with Crippen LogP contribution in [0.15, 0.2) is 58.0 Å². The van der Waals surface area contributed by atoms with Gasteiger partial charge in [0.05, 0.1) is 32.9 Å². The maximum atomic E-state index is 13.7. The normalized spacial score (nSPS) is 15.4. The highest BCUT2D eigenvalue weighted by molar-refractivity contribution is 7.89. The number of anilines is 1. The molecular formula is C25H22ClF2N3O4S2. The van der Waals surface area contributed by atoms with Crippen LogP contribution in [0.3, 0.4) is 0 Å². The lowest BCUT2D eigenvalue weighted by Gasteiger charge is -2.32. The van der Waals surface area contributed by atoms with Gasteiger partial charge in [-0.15, -0.1) is 0 Å². The first-order valence-electron chi connectivity index (χ1n) is 11.5. The molecule has 194 valence electrons. The number of furan rings is 1. The third-order valence-electron chi connectivity index (χ3n) is 6.41. The minimum atomic E-state index is -4.03. The minimum absolute atomic E-state index is 0.0666. The molecule has 12 heteroatoms. The number of sulfonamides is 1. The number of carbonyl (C=O) groups is 1. The molecule has 1 amide bonds. The molecule has 5 rings (SSSR count). The number of halogens is 3. The van der Waals surface area contributed by atoms with Crippen molar-refractivity contribution in [2.24, 2.45) is 5.92 Å². The second-order valence-corrected chi connectivity index (χ2v) is 12.1. The maximum absolute atomic E-state index is 13.7. The van der Waals surface area contributed by atoms with E-state index in [1.54, 1.807) is 23.1 Å². The number of thiazole rings is 1. The third-order valence-corrected chi connectivity index (χ3v) is 9.84. The van der Waals surface area contributed by atoms with Gasteiger partial charge in [-0.25, -0.2) is 22.2 Å². The van der Waals surface area contributed by atoms with E-state index in [2.05, 4.69) is 0 Å². The number of aryl methyl sites for hydroxylation is 1. The summed E-state index contributed by atoms with van der Waals surface area (Å²) in [5.74, 6) is -2.44. The molecule has 0 atom stereocenters. The van der Waals surface area contributed by atoms with Gasteiger partial charge >= 0.3 is 0 Å². The number of rotatable bonds is 6. The lowest BCUT2D eigenvalue weighted by Crippen LogP contribution is -2.44. The summed E-state index contributed by atoms with van der Waals surface area (Å²) in [7, 11) is -4.03. The fourth-order valence-corrected chi connectivity index (χ4v) is 7.16. The van der Waals surface area contributed by atoms with Gasteiger partial charge in [0.2, 0.25) is 15.9 Å². The van der Waals surface area contributed by atoms with Crippen molar-refractivity contribution >= 4 is 54.2 Å². The van der Waals surface area contributed by atoms with E-state index in [1.807, 2.05) is 13.0 Å². The Morgan fingerprint density at radius 2 is 1.95 bits per heavy atom. The van der Waals surface area contributed by atoms with Gasteiger partial charge in [0, 0.05) is 19.0 Å². The zero-order chi connectivity index (χ0) is 26.3. The van der Waals surface area contributed by atoms with E-state index < -0.39 is 27.6 Å². The first-order chi connectivity index (χ1) is 17.6. The van der Waals surface area contributed by atoms with E-state index >= 15 is 0 Å². The quantitative estimate of drug-likeness (QED) is 0.297.